The molecular weight excluding hydrogens is 372 g/mol. The predicted molar refractivity (Wildman–Crippen MR) is 94.9 cm³/mol. The lowest BCUT2D eigenvalue weighted by atomic mass is 10.2. The Morgan fingerprint density at radius 2 is 2.17 bits per heavy atom. The zero-order valence-electron chi connectivity index (χ0n) is 13.2. The fraction of sp³-hybridized carbons (Fsp3) is 0.222. The molecule has 0 spiro atoms. The van der Waals surface area contributed by atoms with Gasteiger partial charge in [0, 0.05) is 36.4 Å². The van der Waals surface area contributed by atoms with E-state index in [1.165, 1.54) is 6.08 Å². The van der Waals surface area contributed by atoms with Gasteiger partial charge in [-0.05, 0) is 24.6 Å². The summed E-state index contributed by atoms with van der Waals surface area (Å²) in [4.78, 5) is 12.0. The first-order valence-corrected chi connectivity index (χ1v) is 8.18. The SMILES string of the molecule is COCCCNC(=O)/C(C#N)=C/c1ccc(-c2ccccc2Br)o1. The molecule has 0 saturated carbocycles. The highest BCUT2D eigenvalue weighted by Gasteiger charge is 2.11. The molecule has 0 aliphatic heterocycles. The molecule has 24 heavy (non-hydrogen) atoms. The number of ether oxygens (including phenoxy) is 1. The molecule has 0 bridgehead atoms. The van der Waals surface area contributed by atoms with Crippen molar-refractivity contribution in [2.24, 2.45) is 0 Å². The Kier molecular flexibility index (Phi) is 6.79. The monoisotopic (exact) mass is 388 g/mol. The summed E-state index contributed by atoms with van der Waals surface area (Å²) in [5.74, 6) is 0.684. The first kappa shape index (κ1) is 18.0. The Morgan fingerprint density at radius 1 is 1.38 bits per heavy atom. The molecule has 1 amide bonds. The number of hydrogen-bond donors (Lipinski definition) is 1. The molecule has 124 valence electrons. The van der Waals surface area contributed by atoms with Gasteiger partial charge in [-0.2, -0.15) is 5.26 Å². The normalized spacial score (nSPS) is 11.1. The highest BCUT2D eigenvalue weighted by molar-refractivity contribution is 9.10. The topological polar surface area (TPSA) is 75.3 Å². The molecule has 0 radical (unpaired) electrons. The summed E-state index contributed by atoms with van der Waals surface area (Å²) < 4.78 is 11.5. The number of nitrogens with one attached hydrogen (secondary N) is 1. The molecule has 0 saturated heterocycles. The summed E-state index contributed by atoms with van der Waals surface area (Å²) in [7, 11) is 1.60. The van der Waals surface area contributed by atoms with Crippen LogP contribution >= 0.6 is 15.9 Å². The summed E-state index contributed by atoms with van der Waals surface area (Å²) >= 11 is 3.47. The van der Waals surface area contributed by atoms with Gasteiger partial charge >= 0.3 is 0 Å². The first-order chi connectivity index (χ1) is 11.7. The first-order valence-electron chi connectivity index (χ1n) is 7.39. The van der Waals surface area contributed by atoms with Crippen LogP contribution in [0.4, 0.5) is 0 Å². The molecule has 1 aromatic carbocycles. The van der Waals surface area contributed by atoms with Crippen LogP contribution in [-0.2, 0) is 9.53 Å². The molecule has 2 rings (SSSR count). The number of benzene rings is 1. The molecule has 1 heterocycles. The van der Waals surface area contributed by atoms with E-state index in [-0.39, 0.29) is 5.57 Å². The average molecular weight is 389 g/mol. The molecule has 1 aromatic heterocycles. The maximum absolute atomic E-state index is 12.0. The van der Waals surface area contributed by atoms with Crippen molar-refractivity contribution in [2.75, 3.05) is 20.3 Å². The minimum atomic E-state index is -0.424. The Bertz CT molecular complexity index is 775. The third-order valence-corrected chi connectivity index (χ3v) is 3.92. The van der Waals surface area contributed by atoms with Crippen molar-refractivity contribution in [3.63, 3.8) is 0 Å². The van der Waals surface area contributed by atoms with E-state index in [2.05, 4.69) is 21.2 Å². The molecule has 0 aliphatic rings. The van der Waals surface area contributed by atoms with Crippen LogP contribution in [0.5, 0.6) is 0 Å². The fourth-order valence-electron chi connectivity index (χ4n) is 2.04. The van der Waals surface area contributed by atoms with Crippen LogP contribution in [0.2, 0.25) is 0 Å². The third kappa shape index (κ3) is 4.82. The molecule has 6 heteroatoms. The van der Waals surface area contributed by atoms with Gasteiger partial charge < -0.3 is 14.5 Å². The van der Waals surface area contributed by atoms with E-state index in [0.717, 1.165) is 10.0 Å². The second kappa shape index (κ2) is 9.06. The molecule has 0 aliphatic carbocycles. The van der Waals surface area contributed by atoms with Gasteiger partial charge in [-0.3, -0.25) is 4.79 Å². The van der Waals surface area contributed by atoms with Crippen LogP contribution in [0.15, 0.2) is 50.9 Å². The minimum Gasteiger partial charge on any atom is -0.457 e. The summed E-state index contributed by atoms with van der Waals surface area (Å²) in [6.45, 7) is 1.01. The molecule has 1 N–H and O–H groups in total. The smallest absolute Gasteiger partial charge is 0.262 e. The van der Waals surface area contributed by atoms with E-state index in [1.54, 1.807) is 19.2 Å². The van der Waals surface area contributed by atoms with Gasteiger partial charge in [-0.1, -0.05) is 34.1 Å². The van der Waals surface area contributed by atoms with Crippen LogP contribution < -0.4 is 5.32 Å². The number of methoxy groups -OCH3 is 1. The molecule has 2 aromatic rings. The second-order valence-electron chi connectivity index (χ2n) is 4.95. The van der Waals surface area contributed by atoms with Crippen molar-refractivity contribution < 1.29 is 13.9 Å². The fourth-order valence-corrected chi connectivity index (χ4v) is 2.52. The predicted octanol–water partition coefficient (Wildman–Crippen LogP) is 3.77. The zero-order chi connectivity index (χ0) is 17.4. The van der Waals surface area contributed by atoms with Crippen molar-refractivity contribution >= 4 is 27.9 Å². The van der Waals surface area contributed by atoms with Crippen molar-refractivity contribution in [1.82, 2.24) is 5.32 Å². The maximum atomic E-state index is 12.0. The number of hydrogen-bond acceptors (Lipinski definition) is 4. The Balaban J connectivity index is 2.11. The van der Waals surface area contributed by atoms with Gasteiger partial charge in [0.15, 0.2) is 0 Å². The van der Waals surface area contributed by atoms with Crippen molar-refractivity contribution in [2.45, 2.75) is 6.42 Å². The van der Waals surface area contributed by atoms with Crippen molar-refractivity contribution in [3.05, 3.63) is 52.2 Å². The maximum Gasteiger partial charge on any atom is 0.262 e. The lowest BCUT2D eigenvalue weighted by Gasteiger charge is -2.03. The standard InChI is InChI=1S/C18H17BrN2O3/c1-23-10-4-9-21-18(22)13(12-20)11-14-7-8-17(24-14)15-5-2-3-6-16(15)19/h2-3,5-8,11H,4,9-10H2,1H3,(H,21,22)/b13-11+. The van der Waals surface area contributed by atoms with Crippen molar-refractivity contribution in [1.29, 1.82) is 5.26 Å². The summed E-state index contributed by atoms with van der Waals surface area (Å²) in [5.41, 5.74) is 0.903. The number of amides is 1. The summed E-state index contributed by atoms with van der Waals surface area (Å²) in [5, 5.41) is 11.9. The quantitative estimate of drug-likeness (QED) is 0.445. The van der Waals surface area contributed by atoms with Crippen LogP contribution in [0.3, 0.4) is 0 Å². The van der Waals surface area contributed by atoms with Crippen LogP contribution in [0.1, 0.15) is 12.2 Å². The van der Waals surface area contributed by atoms with Gasteiger partial charge in [0.1, 0.15) is 23.2 Å². The van der Waals surface area contributed by atoms with Crippen LogP contribution in [0.25, 0.3) is 17.4 Å². The number of nitrogens with zero attached hydrogens (tertiary/aromatic N) is 1. The van der Waals surface area contributed by atoms with Gasteiger partial charge in [0.2, 0.25) is 0 Å². The van der Waals surface area contributed by atoms with Gasteiger partial charge in [-0.15, -0.1) is 0 Å². The van der Waals surface area contributed by atoms with E-state index >= 15 is 0 Å². The number of halogens is 1. The summed E-state index contributed by atoms with van der Waals surface area (Å²) in [6.07, 6.45) is 2.12. The molecule has 0 atom stereocenters. The number of rotatable bonds is 7. The van der Waals surface area contributed by atoms with Gasteiger partial charge in [-0.25, -0.2) is 0 Å². The Hall–Kier alpha value is -2.36. The molecule has 0 fully saturated rings. The van der Waals surface area contributed by atoms with Crippen LogP contribution in [-0.4, -0.2) is 26.2 Å². The third-order valence-electron chi connectivity index (χ3n) is 3.23. The number of carbonyl (C=O) groups excluding carboxylic acids is 1. The minimum absolute atomic E-state index is 0.000411. The zero-order valence-corrected chi connectivity index (χ0v) is 14.8. The Labute approximate surface area is 149 Å². The number of nitriles is 1. The number of furan rings is 1. The summed E-state index contributed by atoms with van der Waals surface area (Å²) in [6, 6.07) is 13.1. The van der Waals surface area contributed by atoms with E-state index in [9.17, 15) is 10.1 Å². The van der Waals surface area contributed by atoms with Gasteiger partial charge in [0.05, 0.1) is 0 Å². The molecule has 5 nitrogen and oxygen atoms in total. The van der Waals surface area contributed by atoms with E-state index in [1.807, 2.05) is 30.3 Å². The number of carbonyl (C=O) groups is 1. The largest absolute Gasteiger partial charge is 0.457 e. The van der Waals surface area contributed by atoms with E-state index in [4.69, 9.17) is 9.15 Å². The second-order valence-corrected chi connectivity index (χ2v) is 5.81. The van der Waals surface area contributed by atoms with E-state index < -0.39 is 5.91 Å². The highest BCUT2D eigenvalue weighted by Crippen LogP contribution is 2.29. The Morgan fingerprint density at radius 3 is 2.88 bits per heavy atom. The van der Waals surface area contributed by atoms with E-state index in [0.29, 0.717) is 31.1 Å². The van der Waals surface area contributed by atoms with Crippen LogP contribution in [0, 0.1) is 11.3 Å². The molecular formula is C18H17BrN2O3. The lowest BCUT2D eigenvalue weighted by Crippen LogP contribution is -2.26. The average Bonchev–Trinajstić information content (AvgIpc) is 3.05. The van der Waals surface area contributed by atoms with Crippen molar-refractivity contribution in [3.8, 4) is 17.4 Å². The van der Waals surface area contributed by atoms with Gasteiger partial charge in [0.25, 0.3) is 5.91 Å². The lowest BCUT2D eigenvalue weighted by molar-refractivity contribution is -0.117. The highest BCUT2D eigenvalue weighted by atomic mass is 79.9. The molecule has 0 unspecified atom stereocenters.